The fraction of sp³-hybridized carbons (Fsp3) is 0.500. The second-order valence-corrected chi connectivity index (χ2v) is 4.33. The van der Waals surface area contributed by atoms with Crippen LogP contribution in [-0.4, -0.2) is 14.9 Å². The van der Waals surface area contributed by atoms with Crippen LogP contribution in [0.5, 0.6) is 0 Å². The number of hydrogen-bond donors (Lipinski definition) is 1. The summed E-state index contributed by atoms with van der Waals surface area (Å²) in [7, 11) is 0. The van der Waals surface area contributed by atoms with E-state index >= 15 is 0 Å². The maximum atomic E-state index is 10.4. The quantitative estimate of drug-likeness (QED) is 0.583. The second kappa shape index (κ2) is 4.19. The van der Waals surface area contributed by atoms with Gasteiger partial charge in [0.25, 0.3) is 0 Å². The van der Waals surface area contributed by atoms with E-state index in [2.05, 4.69) is 6.58 Å². The zero-order chi connectivity index (χ0) is 9.07. The number of alkyl halides is 3. The molecule has 0 saturated carbocycles. The molecule has 1 atom stereocenters. The van der Waals surface area contributed by atoms with Crippen LogP contribution in [0.3, 0.4) is 0 Å². The van der Waals surface area contributed by atoms with E-state index in [0.717, 1.165) is 0 Å². The van der Waals surface area contributed by atoms with Crippen LogP contribution in [0.1, 0.15) is 6.42 Å². The smallest absolute Gasteiger partial charge is 0.311 e. The Kier molecular flexibility index (Phi) is 4.22. The average molecular weight is 217 g/mol. The lowest BCUT2D eigenvalue weighted by atomic mass is 10.1. The Labute approximate surface area is 79.7 Å². The summed E-state index contributed by atoms with van der Waals surface area (Å²) in [5.74, 6) is -2.16. The highest BCUT2D eigenvalue weighted by molar-refractivity contribution is 6.68. The van der Waals surface area contributed by atoms with Gasteiger partial charge in [-0.15, -0.1) is 6.58 Å². The van der Waals surface area contributed by atoms with Crippen molar-refractivity contribution in [2.24, 2.45) is 5.92 Å². The molecule has 5 heteroatoms. The molecule has 0 aromatic carbocycles. The highest BCUT2D eigenvalue weighted by Gasteiger charge is 2.37. The molecule has 1 N–H and O–H groups in total. The third-order valence-electron chi connectivity index (χ3n) is 1.10. The first kappa shape index (κ1) is 11.1. The standard InChI is InChI=1S/C6H7Cl3O2/c1-2-3-4(5(10)11)6(7,8)9/h2,4H,1,3H2,(H,10,11). The van der Waals surface area contributed by atoms with Gasteiger partial charge >= 0.3 is 5.97 Å². The van der Waals surface area contributed by atoms with Crippen LogP contribution in [-0.2, 0) is 4.79 Å². The summed E-state index contributed by atoms with van der Waals surface area (Å²) >= 11 is 16.1. The van der Waals surface area contributed by atoms with Crippen molar-refractivity contribution in [1.82, 2.24) is 0 Å². The predicted octanol–water partition coefficient (Wildman–Crippen LogP) is 2.63. The third-order valence-corrected chi connectivity index (χ3v) is 1.89. The average Bonchev–Trinajstić information content (AvgIpc) is 1.79. The van der Waals surface area contributed by atoms with Crippen LogP contribution in [0.25, 0.3) is 0 Å². The zero-order valence-electron chi connectivity index (χ0n) is 5.56. The van der Waals surface area contributed by atoms with E-state index in [0.29, 0.717) is 0 Å². The van der Waals surface area contributed by atoms with E-state index in [1.54, 1.807) is 0 Å². The summed E-state index contributed by atoms with van der Waals surface area (Å²) < 4.78 is -1.76. The van der Waals surface area contributed by atoms with Gasteiger partial charge in [0.1, 0.15) is 5.92 Å². The van der Waals surface area contributed by atoms with Crippen molar-refractivity contribution in [3.05, 3.63) is 12.7 Å². The van der Waals surface area contributed by atoms with Crippen molar-refractivity contribution in [2.45, 2.75) is 10.2 Å². The lowest BCUT2D eigenvalue weighted by Gasteiger charge is -2.18. The molecule has 0 fully saturated rings. The minimum Gasteiger partial charge on any atom is -0.481 e. The summed E-state index contributed by atoms with van der Waals surface area (Å²) in [5, 5.41) is 8.54. The molecular weight excluding hydrogens is 210 g/mol. The molecule has 64 valence electrons. The van der Waals surface area contributed by atoms with E-state index in [1.165, 1.54) is 6.08 Å². The molecule has 0 radical (unpaired) electrons. The maximum Gasteiger partial charge on any atom is 0.311 e. The molecule has 0 rings (SSSR count). The Morgan fingerprint density at radius 2 is 2.09 bits per heavy atom. The number of hydrogen-bond acceptors (Lipinski definition) is 1. The summed E-state index contributed by atoms with van der Waals surface area (Å²) in [4.78, 5) is 10.4. The fourth-order valence-corrected chi connectivity index (χ4v) is 1.09. The molecule has 11 heavy (non-hydrogen) atoms. The molecule has 0 aromatic heterocycles. The SMILES string of the molecule is C=CCC(C(=O)O)C(Cl)(Cl)Cl. The largest absolute Gasteiger partial charge is 0.481 e. The number of carboxylic acid groups (broad SMARTS) is 1. The first-order chi connectivity index (χ1) is 4.89. The summed E-state index contributed by atoms with van der Waals surface area (Å²) in [6.45, 7) is 3.36. The van der Waals surface area contributed by atoms with Crippen molar-refractivity contribution < 1.29 is 9.90 Å². The highest BCUT2D eigenvalue weighted by atomic mass is 35.6. The summed E-state index contributed by atoms with van der Waals surface area (Å²) in [6.07, 6.45) is 1.55. The van der Waals surface area contributed by atoms with Crippen LogP contribution in [0.4, 0.5) is 0 Å². The Bertz CT molecular complexity index is 162. The molecule has 0 aromatic rings. The minimum absolute atomic E-state index is 0.145. The first-order valence-corrected chi connectivity index (χ1v) is 3.93. The van der Waals surface area contributed by atoms with Gasteiger partial charge in [0.2, 0.25) is 3.79 Å². The number of aliphatic carboxylic acids is 1. The minimum atomic E-state index is -1.76. The zero-order valence-corrected chi connectivity index (χ0v) is 7.83. The molecule has 0 aliphatic carbocycles. The van der Waals surface area contributed by atoms with Gasteiger partial charge in [0, 0.05) is 0 Å². The lowest BCUT2D eigenvalue weighted by Crippen LogP contribution is -2.27. The van der Waals surface area contributed by atoms with Gasteiger partial charge in [-0.3, -0.25) is 4.79 Å². The van der Waals surface area contributed by atoms with Crippen LogP contribution in [0.2, 0.25) is 0 Å². The van der Waals surface area contributed by atoms with E-state index < -0.39 is 15.7 Å². The number of carbonyl (C=O) groups is 1. The summed E-state index contributed by atoms with van der Waals surface area (Å²) in [6, 6.07) is 0. The molecule has 0 heterocycles. The molecular formula is C6H7Cl3O2. The van der Waals surface area contributed by atoms with Gasteiger partial charge in [-0.05, 0) is 6.42 Å². The van der Waals surface area contributed by atoms with Crippen molar-refractivity contribution in [3.63, 3.8) is 0 Å². The topological polar surface area (TPSA) is 37.3 Å². The monoisotopic (exact) mass is 216 g/mol. The van der Waals surface area contributed by atoms with Crippen molar-refractivity contribution in [3.8, 4) is 0 Å². The Hall–Kier alpha value is 0.0800. The van der Waals surface area contributed by atoms with Crippen LogP contribution >= 0.6 is 34.8 Å². The molecule has 0 saturated heterocycles. The maximum absolute atomic E-state index is 10.4. The van der Waals surface area contributed by atoms with Crippen molar-refractivity contribution in [1.29, 1.82) is 0 Å². The number of carboxylic acids is 1. The Morgan fingerprint density at radius 3 is 2.18 bits per heavy atom. The first-order valence-electron chi connectivity index (χ1n) is 2.80. The molecule has 1 unspecified atom stereocenters. The highest BCUT2D eigenvalue weighted by Crippen LogP contribution is 2.37. The Morgan fingerprint density at radius 1 is 1.64 bits per heavy atom. The predicted molar refractivity (Wildman–Crippen MR) is 46.2 cm³/mol. The number of allylic oxidation sites excluding steroid dienone is 1. The van der Waals surface area contributed by atoms with Gasteiger partial charge in [0.15, 0.2) is 0 Å². The fourth-order valence-electron chi connectivity index (χ4n) is 0.541. The number of halogens is 3. The van der Waals surface area contributed by atoms with Gasteiger partial charge < -0.3 is 5.11 Å². The number of rotatable bonds is 3. The molecule has 0 aliphatic rings. The molecule has 2 nitrogen and oxygen atoms in total. The second-order valence-electron chi connectivity index (χ2n) is 1.96. The van der Waals surface area contributed by atoms with Crippen LogP contribution < -0.4 is 0 Å². The normalized spacial score (nSPS) is 14.1. The van der Waals surface area contributed by atoms with Crippen LogP contribution in [0, 0.1) is 5.92 Å². The van der Waals surface area contributed by atoms with E-state index in [1.807, 2.05) is 0 Å². The van der Waals surface area contributed by atoms with Gasteiger partial charge in [-0.1, -0.05) is 40.9 Å². The summed E-state index contributed by atoms with van der Waals surface area (Å²) in [5.41, 5.74) is 0. The van der Waals surface area contributed by atoms with Crippen LogP contribution in [0.15, 0.2) is 12.7 Å². The van der Waals surface area contributed by atoms with Gasteiger partial charge in [-0.2, -0.15) is 0 Å². The van der Waals surface area contributed by atoms with Crippen molar-refractivity contribution >= 4 is 40.8 Å². The molecule has 0 aliphatic heterocycles. The van der Waals surface area contributed by atoms with E-state index in [4.69, 9.17) is 39.9 Å². The molecule has 0 bridgehead atoms. The Balaban J connectivity index is 4.34. The lowest BCUT2D eigenvalue weighted by molar-refractivity contribution is -0.141. The molecule has 0 spiro atoms. The van der Waals surface area contributed by atoms with Gasteiger partial charge in [0.05, 0.1) is 0 Å². The van der Waals surface area contributed by atoms with E-state index in [-0.39, 0.29) is 6.42 Å². The van der Waals surface area contributed by atoms with Crippen molar-refractivity contribution in [2.75, 3.05) is 0 Å². The van der Waals surface area contributed by atoms with E-state index in [9.17, 15) is 4.79 Å². The third kappa shape index (κ3) is 3.85. The molecule has 0 amide bonds. The van der Waals surface area contributed by atoms with Gasteiger partial charge in [-0.25, -0.2) is 0 Å².